The van der Waals surface area contributed by atoms with Gasteiger partial charge in [0.15, 0.2) is 5.17 Å². The van der Waals surface area contributed by atoms with Gasteiger partial charge in [0.2, 0.25) is 0 Å². The van der Waals surface area contributed by atoms with Gasteiger partial charge < -0.3 is 14.5 Å². The van der Waals surface area contributed by atoms with Crippen LogP contribution in [0, 0.1) is 0 Å². The first-order valence-electron chi connectivity index (χ1n) is 12.6. The van der Waals surface area contributed by atoms with Crippen LogP contribution in [-0.4, -0.2) is 55.9 Å². The van der Waals surface area contributed by atoms with Gasteiger partial charge >= 0.3 is 0 Å². The monoisotopic (exact) mass is 562 g/mol. The minimum Gasteiger partial charge on any atom is -0.378 e. The average Bonchev–Trinajstić information content (AvgIpc) is 3.44. The number of nitrogens with zero attached hydrogens (tertiary/aromatic N) is 4. The molecule has 3 aromatic carbocycles. The van der Waals surface area contributed by atoms with E-state index in [0.717, 1.165) is 59.7 Å². The van der Waals surface area contributed by atoms with Gasteiger partial charge in [-0.1, -0.05) is 53.7 Å². The Hall–Kier alpha value is -2.91. The molecule has 0 spiro atoms. The zero-order valence-corrected chi connectivity index (χ0v) is 23.4. The van der Waals surface area contributed by atoms with E-state index in [1.807, 2.05) is 60.5 Å². The van der Waals surface area contributed by atoms with Crippen molar-refractivity contribution < 1.29 is 9.53 Å². The second kappa shape index (κ2) is 11.1. The normalized spacial score (nSPS) is 20.5. The molecule has 0 N–H and O–H groups in total. The van der Waals surface area contributed by atoms with E-state index in [4.69, 9.17) is 21.3 Å². The highest BCUT2D eigenvalue weighted by atomic mass is 35.5. The van der Waals surface area contributed by atoms with Crippen molar-refractivity contribution in [1.82, 2.24) is 4.90 Å². The summed E-state index contributed by atoms with van der Waals surface area (Å²) >= 11 is 9.31. The van der Waals surface area contributed by atoms with Crippen molar-refractivity contribution in [2.45, 2.75) is 11.3 Å². The van der Waals surface area contributed by atoms with Crippen LogP contribution in [0.4, 0.5) is 17.1 Å². The second-order valence-corrected chi connectivity index (χ2v) is 11.7. The van der Waals surface area contributed by atoms with Gasteiger partial charge in [-0.05, 0) is 66.2 Å². The molecule has 0 aromatic heterocycles. The fraction of sp³-hybridized carbons (Fsp3) is 0.241. The van der Waals surface area contributed by atoms with Gasteiger partial charge in [0.1, 0.15) is 4.91 Å². The number of benzene rings is 3. The molecule has 1 amide bonds. The lowest BCUT2D eigenvalue weighted by molar-refractivity contribution is -0.122. The van der Waals surface area contributed by atoms with Crippen molar-refractivity contribution in [2.24, 2.45) is 4.99 Å². The number of carbonyl (C=O) groups excluding carboxylic acids is 1. The molecule has 3 aliphatic rings. The standard InChI is InChI=1S/C29H27ClN4O2S2/c1-32-24-19-21(30)7-12-25(24)37-28(32)26-27(35)34(14-13-20-5-3-2-4-6-20)29(38-26)31-22-8-10-23(11-9-22)33-15-17-36-18-16-33/h2-12,19H,13-18H2,1H3. The highest BCUT2D eigenvalue weighted by Gasteiger charge is 2.39. The number of rotatable bonds is 5. The number of hydrogen-bond donors (Lipinski definition) is 0. The molecule has 0 radical (unpaired) electrons. The van der Waals surface area contributed by atoms with Crippen LogP contribution in [0.5, 0.6) is 0 Å². The highest BCUT2D eigenvalue weighted by molar-refractivity contribution is 8.19. The third-order valence-electron chi connectivity index (χ3n) is 6.77. The first-order valence-corrected chi connectivity index (χ1v) is 14.6. The Morgan fingerprint density at radius 2 is 1.74 bits per heavy atom. The fourth-order valence-electron chi connectivity index (χ4n) is 4.69. The summed E-state index contributed by atoms with van der Waals surface area (Å²) in [6, 6.07) is 24.3. The zero-order valence-electron chi connectivity index (χ0n) is 21.0. The van der Waals surface area contributed by atoms with E-state index in [2.05, 4.69) is 34.1 Å². The van der Waals surface area contributed by atoms with E-state index < -0.39 is 0 Å². The smallest absolute Gasteiger partial charge is 0.269 e. The van der Waals surface area contributed by atoms with Gasteiger partial charge in [-0.2, -0.15) is 0 Å². The number of amides is 1. The molecule has 0 aliphatic carbocycles. The number of amidine groups is 1. The van der Waals surface area contributed by atoms with Gasteiger partial charge in [0, 0.05) is 42.3 Å². The summed E-state index contributed by atoms with van der Waals surface area (Å²) in [5, 5.41) is 2.30. The molecule has 6 nitrogen and oxygen atoms in total. The Bertz CT molecular complexity index is 1410. The molecule has 0 unspecified atom stereocenters. The third-order valence-corrected chi connectivity index (χ3v) is 9.44. The summed E-state index contributed by atoms with van der Waals surface area (Å²) in [4.78, 5) is 26.8. The van der Waals surface area contributed by atoms with Crippen molar-refractivity contribution in [3.63, 3.8) is 0 Å². The first kappa shape index (κ1) is 25.4. The van der Waals surface area contributed by atoms with E-state index >= 15 is 0 Å². The van der Waals surface area contributed by atoms with Gasteiger partial charge in [-0.3, -0.25) is 9.69 Å². The second-order valence-electron chi connectivity index (χ2n) is 9.21. The highest BCUT2D eigenvalue weighted by Crippen LogP contribution is 2.50. The molecule has 194 valence electrons. The summed E-state index contributed by atoms with van der Waals surface area (Å²) in [6.07, 6.45) is 0.754. The minimum atomic E-state index is -0.0112. The number of ether oxygens (including phenoxy) is 1. The Kier molecular flexibility index (Phi) is 7.39. The zero-order chi connectivity index (χ0) is 26.1. The quantitative estimate of drug-likeness (QED) is 0.336. The SMILES string of the molecule is CN1C(=C2SC(=Nc3ccc(N4CCOCC4)cc3)N(CCc3ccccc3)C2=O)Sc2ccc(Cl)cc21. The third kappa shape index (κ3) is 5.18. The number of halogens is 1. The molecule has 2 saturated heterocycles. The summed E-state index contributed by atoms with van der Waals surface area (Å²) < 4.78 is 5.48. The number of carbonyl (C=O) groups is 1. The molecule has 6 rings (SSSR count). The predicted octanol–water partition coefficient (Wildman–Crippen LogP) is 6.39. The van der Waals surface area contributed by atoms with Crippen molar-refractivity contribution in [1.29, 1.82) is 0 Å². The van der Waals surface area contributed by atoms with Gasteiger partial charge in [0.05, 0.1) is 29.6 Å². The van der Waals surface area contributed by atoms with Crippen LogP contribution in [0.25, 0.3) is 0 Å². The number of thioether (sulfide) groups is 2. The first-order chi connectivity index (χ1) is 18.6. The Balaban J connectivity index is 1.30. The number of anilines is 2. The van der Waals surface area contributed by atoms with Crippen LogP contribution in [0.1, 0.15) is 5.56 Å². The van der Waals surface area contributed by atoms with Crippen molar-refractivity contribution in [3.05, 3.63) is 93.3 Å². The molecule has 2 fully saturated rings. The Morgan fingerprint density at radius 3 is 2.50 bits per heavy atom. The summed E-state index contributed by atoms with van der Waals surface area (Å²) in [6.45, 7) is 3.84. The van der Waals surface area contributed by atoms with E-state index in [1.54, 1.807) is 11.8 Å². The van der Waals surface area contributed by atoms with Crippen molar-refractivity contribution in [2.75, 3.05) is 49.7 Å². The maximum Gasteiger partial charge on any atom is 0.269 e. The average molecular weight is 563 g/mol. The van der Waals surface area contributed by atoms with Gasteiger partial charge in [-0.25, -0.2) is 4.99 Å². The van der Waals surface area contributed by atoms with Crippen molar-refractivity contribution >= 4 is 63.3 Å². The van der Waals surface area contributed by atoms with Gasteiger partial charge in [0.25, 0.3) is 5.91 Å². The molecular formula is C29H27ClN4O2S2. The summed E-state index contributed by atoms with van der Waals surface area (Å²) in [7, 11) is 1.99. The van der Waals surface area contributed by atoms with Gasteiger partial charge in [-0.15, -0.1) is 0 Å². The van der Waals surface area contributed by atoms with E-state index in [0.29, 0.717) is 21.6 Å². The fourth-order valence-corrected chi connectivity index (χ4v) is 7.21. The summed E-state index contributed by atoms with van der Waals surface area (Å²) in [5.41, 5.74) is 4.20. The molecule has 0 atom stereocenters. The molecule has 0 saturated carbocycles. The lowest BCUT2D eigenvalue weighted by Gasteiger charge is -2.28. The summed E-state index contributed by atoms with van der Waals surface area (Å²) in [5.74, 6) is -0.0112. The van der Waals surface area contributed by atoms with E-state index in [1.165, 1.54) is 17.3 Å². The Morgan fingerprint density at radius 1 is 0.974 bits per heavy atom. The molecule has 38 heavy (non-hydrogen) atoms. The molecule has 3 heterocycles. The number of hydrogen-bond acceptors (Lipinski definition) is 7. The maximum atomic E-state index is 13.8. The number of fused-ring (bicyclic) bond motifs is 1. The lowest BCUT2D eigenvalue weighted by atomic mass is 10.1. The molecule has 9 heteroatoms. The van der Waals surface area contributed by atoms with Crippen LogP contribution in [0.2, 0.25) is 5.02 Å². The van der Waals surface area contributed by atoms with Crippen LogP contribution in [0.3, 0.4) is 0 Å². The molecular weight excluding hydrogens is 536 g/mol. The largest absolute Gasteiger partial charge is 0.378 e. The molecule has 3 aromatic rings. The predicted molar refractivity (Wildman–Crippen MR) is 159 cm³/mol. The van der Waals surface area contributed by atoms with Crippen LogP contribution in [0.15, 0.2) is 92.6 Å². The van der Waals surface area contributed by atoms with E-state index in [-0.39, 0.29) is 5.91 Å². The minimum absolute atomic E-state index is 0.0112. The van der Waals surface area contributed by atoms with E-state index in [9.17, 15) is 4.79 Å². The molecule has 0 bridgehead atoms. The van der Waals surface area contributed by atoms with Crippen molar-refractivity contribution in [3.8, 4) is 0 Å². The lowest BCUT2D eigenvalue weighted by Crippen LogP contribution is -2.36. The van der Waals surface area contributed by atoms with Crippen LogP contribution < -0.4 is 9.80 Å². The topological polar surface area (TPSA) is 48.4 Å². The number of morpholine rings is 1. The molecule has 3 aliphatic heterocycles. The van der Waals surface area contributed by atoms with Crippen LogP contribution >= 0.6 is 35.1 Å². The Labute approximate surface area is 236 Å². The maximum absolute atomic E-state index is 13.8. The number of aliphatic imine (C=N–C) groups is 1. The van der Waals surface area contributed by atoms with Crippen LogP contribution in [-0.2, 0) is 16.0 Å².